The van der Waals surface area contributed by atoms with Crippen molar-refractivity contribution in [2.75, 3.05) is 12.4 Å². The van der Waals surface area contributed by atoms with Crippen molar-refractivity contribution in [3.63, 3.8) is 0 Å². The second-order valence-corrected chi connectivity index (χ2v) is 8.20. The van der Waals surface area contributed by atoms with Gasteiger partial charge in [-0.25, -0.2) is 4.98 Å². The van der Waals surface area contributed by atoms with Crippen molar-refractivity contribution in [1.29, 1.82) is 0 Å². The Bertz CT molecular complexity index is 876. The summed E-state index contributed by atoms with van der Waals surface area (Å²) in [4.78, 5) is 32.9. The van der Waals surface area contributed by atoms with Crippen molar-refractivity contribution < 1.29 is 4.79 Å². The molecule has 5 nitrogen and oxygen atoms in total. The molecule has 0 saturated carbocycles. The molecule has 28 heavy (non-hydrogen) atoms. The van der Waals surface area contributed by atoms with Gasteiger partial charge in [-0.1, -0.05) is 31.9 Å². The van der Waals surface area contributed by atoms with E-state index in [-0.39, 0.29) is 23.4 Å². The summed E-state index contributed by atoms with van der Waals surface area (Å²) in [6.45, 7) is 10.9. The number of benzene rings is 1. The third-order valence-corrected chi connectivity index (χ3v) is 5.89. The maximum atomic E-state index is 13.3. The molecule has 0 aliphatic rings. The number of rotatable bonds is 9. The number of alkyl halides is 1. The molecule has 0 bridgehead atoms. The Kier molecular flexibility index (Phi) is 7.64. The first-order valence-corrected chi connectivity index (χ1v) is 10.7. The quantitative estimate of drug-likeness (QED) is 0.446. The number of para-hydroxylation sites is 1. The summed E-state index contributed by atoms with van der Waals surface area (Å²) in [5.41, 5.74) is -0.0694. The summed E-state index contributed by atoms with van der Waals surface area (Å²) < 4.78 is 1.68. The Hall–Kier alpha value is -1.88. The van der Waals surface area contributed by atoms with Gasteiger partial charge in [-0.15, -0.1) is 11.6 Å². The summed E-state index contributed by atoms with van der Waals surface area (Å²) in [6, 6.07) is 7.05. The van der Waals surface area contributed by atoms with Crippen LogP contribution in [0.25, 0.3) is 10.9 Å². The molecule has 1 aromatic carbocycles. The highest BCUT2D eigenvalue weighted by Gasteiger charge is 2.35. The van der Waals surface area contributed by atoms with E-state index in [4.69, 9.17) is 16.6 Å². The fourth-order valence-electron chi connectivity index (χ4n) is 3.40. The van der Waals surface area contributed by atoms with Crippen LogP contribution in [0, 0.1) is 5.41 Å². The van der Waals surface area contributed by atoms with E-state index in [0.29, 0.717) is 29.8 Å². The van der Waals surface area contributed by atoms with Crippen LogP contribution in [-0.2, 0) is 11.3 Å². The van der Waals surface area contributed by atoms with Crippen molar-refractivity contribution in [3.8, 4) is 0 Å². The maximum Gasteiger partial charge on any atom is 0.261 e. The summed E-state index contributed by atoms with van der Waals surface area (Å²) in [6.07, 6.45) is 3.03. The second kappa shape index (κ2) is 9.55. The van der Waals surface area contributed by atoms with E-state index < -0.39 is 5.41 Å². The second-order valence-electron chi connectivity index (χ2n) is 7.94. The molecule has 1 heterocycles. The van der Waals surface area contributed by atoms with Crippen molar-refractivity contribution in [3.05, 3.63) is 40.4 Å². The maximum absolute atomic E-state index is 13.3. The Morgan fingerprint density at radius 1 is 1.25 bits per heavy atom. The molecule has 1 atom stereocenters. The minimum absolute atomic E-state index is 0.00355. The molecule has 0 radical (unpaired) electrons. The Morgan fingerprint density at radius 2 is 1.93 bits per heavy atom. The van der Waals surface area contributed by atoms with Gasteiger partial charge in [-0.05, 0) is 46.2 Å². The molecule has 154 valence electrons. The van der Waals surface area contributed by atoms with Crippen LogP contribution in [0.2, 0.25) is 0 Å². The number of amides is 1. The summed E-state index contributed by atoms with van der Waals surface area (Å²) in [5, 5.41) is 0.602. The van der Waals surface area contributed by atoms with Gasteiger partial charge in [0.15, 0.2) is 0 Å². The van der Waals surface area contributed by atoms with Gasteiger partial charge >= 0.3 is 0 Å². The molecule has 0 spiro atoms. The normalized spacial score (nSPS) is 12.9. The van der Waals surface area contributed by atoms with Crippen molar-refractivity contribution in [1.82, 2.24) is 14.5 Å². The van der Waals surface area contributed by atoms with E-state index in [2.05, 4.69) is 6.92 Å². The van der Waals surface area contributed by atoms with Crippen LogP contribution in [0.15, 0.2) is 29.1 Å². The SMILES string of the molecule is CCCCCN(C(=O)C(C)(C)CCl)C(C)c1nc2ccccc2c(=O)n1CC. The Morgan fingerprint density at radius 3 is 2.54 bits per heavy atom. The molecule has 2 rings (SSSR count). The van der Waals surface area contributed by atoms with E-state index in [1.54, 1.807) is 10.6 Å². The smallest absolute Gasteiger partial charge is 0.261 e. The van der Waals surface area contributed by atoms with E-state index in [1.807, 2.05) is 50.8 Å². The number of carbonyl (C=O) groups excluding carboxylic acids is 1. The summed E-state index contributed by atoms with van der Waals surface area (Å²) >= 11 is 6.09. The van der Waals surface area contributed by atoms with Crippen LogP contribution in [0.1, 0.15) is 65.7 Å². The molecule has 0 N–H and O–H groups in total. The van der Waals surface area contributed by atoms with Crippen molar-refractivity contribution in [2.24, 2.45) is 5.41 Å². The first-order valence-electron chi connectivity index (χ1n) is 10.1. The van der Waals surface area contributed by atoms with Gasteiger partial charge in [-0.2, -0.15) is 0 Å². The first kappa shape index (κ1) is 22.4. The van der Waals surface area contributed by atoms with Gasteiger partial charge in [0.2, 0.25) is 5.91 Å². The largest absolute Gasteiger partial charge is 0.332 e. The number of halogens is 1. The molecule has 0 fully saturated rings. The highest BCUT2D eigenvalue weighted by atomic mass is 35.5. The number of fused-ring (bicyclic) bond motifs is 1. The lowest BCUT2D eigenvalue weighted by Crippen LogP contribution is -2.45. The zero-order chi connectivity index (χ0) is 20.9. The zero-order valence-corrected chi connectivity index (χ0v) is 18.4. The predicted molar refractivity (Wildman–Crippen MR) is 116 cm³/mol. The number of unbranched alkanes of at least 4 members (excludes halogenated alkanes) is 2. The molecule has 6 heteroatoms. The minimum Gasteiger partial charge on any atom is -0.332 e. The molecular formula is C22H32ClN3O2. The lowest BCUT2D eigenvalue weighted by atomic mass is 9.93. The van der Waals surface area contributed by atoms with Crippen LogP contribution in [0.4, 0.5) is 0 Å². The van der Waals surface area contributed by atoms with E-state index in [9.17, 15) is 9.59 Å². The third-order valence-electron chi connectivity index (χ3n) is 5.23. The number of hydrogen-bond donors (Lipinski definition) is 0. The van der Waals surface area contributed by atoms with E-state index in [0.717, 1.165) is 19.3 Å². The monoisotopic (exact) mass is 405 g/mol. The van der Waals surface area contributed by atoms with Crippen LogP contribution in [-0.4, -0.2) is 32.8 Å². The predicted octanol–water partition coefficient (Wildman–Crippen LogP) is 4.76. The van der Waals surface area contributed by atoms with Crippen molar-refractivity contribution in [2.45, 2.75) is 66.5 Å². The van der Waals surface area contributed by atoms with Crippen LogP contribution >= 0.6 is 11.6 Å². The first-order chi connectivity index (χ1) is 13.3. The Labute approximate surface area is 172 Å². The Balaban J connectivity index is 2.55. The number of hydrogen-bond acceptors (Lipinski definition) is 3. The number of aromatic nitrogens is 2. The summed E-state index contributed by atoms with van der Waals surface area (Å²) in [7, 11) is 0. The molecule has 1 aromatic heterocycles. The van der Waals surface area contributed by atoms with Crippen LogP contribution in [0.3, 0.4) is 0 Å². The zero-order valence-electron chi connectivity index (χ0n) is 17.7. The van der Waals surface area contributed by atoms with Crippen molar-refractivity contribution >= 4 is 28.4 Å². The van der Waals surface area contributed by atoms with E-state index >= 15 is 0 Å². The third kappa shape index (κ3) is 4.57. The summed E-state index contributed by atoms with van der Waals surface area (Å²) in [5.74, 6) is 0.867. The molecular weight excluding hydrogens is 374 g/mol. The topological polar surface area (TPSA) is 55.2 Å². The molecule has 0 aliphatic carbocycles. The fraction of sp³-hybridized carbons (Fsp3) is 0.591. The molecule has 1 unspecified atom stereocenters. The van der Waals surface area contributed by atoms with Gasteiger partial charge in [0.05, 0.1) is 22.4 Å². The van der Waals surface area contributed by atoms with Gasteiger partial charge in [0.25, 0.3) is 5.56 Å². The number of nitrogens with zero attached hydrogens (tertiary/aromatic N) is 3. The van der Waals surface area contributed by atoms with Crippen LogP contribution in [0.5, 0.6) is 0 Å². The average Bonchev–Trinajstić information content (AvgIpc) is 2.70. The molecule has 2 aromatic rings. The van der Waals surface area contributed by atoms with E-state index in [1.165, 1.54) is 0 Å². The highest BCUT2D eigenvalue weighted by Crippen LogP contribution is 2.28. The lowest BCUT2D eigenvalue weighted by molar-refractivity contribution is -0.141. The highest BCUT2D eigenvalue weighted by molar-refractivity contribution is 6.19. The minimum atomic E-state index is -0.670. The lowest BCUT2D eigenvalue weighted by Gasteiger charge is -2.35. The fourth-order valence-corrected chi connectivity index (χ4v) is 3.51. The average molecular weight is 406 g/mol. The molecule has 0 saturated heterocycles. The van der Waals surface area contributed by atoms with Gasteiger partial charge < -0.3 is 4.90 Å². The van der Waals surface area contributed by atoms with Crippen LogP contribution < -0.4 is 5.56 Å². The molecule has 0 aliphatic heterocycles. The van der Waals surface area contributed by atoms with Gasteiger partial charge in [0.1, 0.15) is 5.82 Å². The number of carbonyl (C=O) groups is 1. The van der Waals surface area contributed by atoms with Gasteiger partial charge in [0, 0.05) is 19.0 Å². The van der Waals surface area contributed by atoms with Gasteiger partial charge in [-0.3, -0.25) is 14.2 Å². The standard InChI is InChI=1S/C22H32ClN3O2/c1-6-8-11-14-26(21(28)22(4,5)15-23)16(3)19-24-18-13-10-9-12-17(18)20(27)25(19)7-2/h9-10,12-13,16H,6-8,11,14-15H2,1-5H3. The molecule has 1 amide bonds.